The van der Waals surface area contributed by atoms with Gasteiger partial charge in [0.15, 0.2) is 4.90 Å². The van der Waals surface area contributed by atoms with Gasteiger partial charge in [-0.3, -0.25) is 9.59 Å². The maximum absolute atomic E-state index is 13.2. The zero-order valence-corrected chi connectivity index (χ0v) is 22.5. The fourth-order valence-corrected chi connectivity index (χ4v) is 5.48. The average Bonchev–Trinajstić information content (AvgIpc) is 2.81. The van der Waals surface area contributed by atoms with Gasteiger partial charge in [-0.25, -0.2) is 18.1 Å². The number of nitrogens with zero attached hydrogens (tertiary/aromatic N) is 1. The molecular weight excluding hydrogens is 490 g/mol. The van der Waals surface area contributed by atoms with Crippen molar-refractivity contribution in [3.8, 4) is 11.6 Å². The standard InChI is InChI=1S/C28H31N3O5S/c1-17-15-18(2)24(19(3)16-17)36-27-21(8-9-22(30-27)20-10-12-28(4,5)13-11-20)25(32)31-37(34,35)23-7-6-14-29-26(23)33/h6-10,14-16H,11-13H2,1-5H3,(H,29,33)(H,31,32). The molecule has 9 heteroatoms. The maximum atomic E-state index is 13.2. The molecular formula is C28H31N3O5S. The number of carbonyl (C=O) groups excluding carboxylic acids is 1. The molecule has 0 fully saturated rings. The quantitative estimate of drug-likeness (QED) is 0.460. The smallest absolute Gasteiger partial charge is 0.270 e. The van der Waals surface area contributed by atoms with Gasteiger partial charge in [0, 0.05) is 6.20 Å². The fourth-order valence-electron chi connectivity index (χ4n) is 4.45. The van der Waals surface area contributed by atoms with Crippen molar-refractivity contribution in [3.63, 3.8) is 0 Å². The molecule has 0 spiro atoms. The van der Waals surface area contributed by atoms with Crippen LogP contribution in [-0.4, -0.2) is 24.3 Å². The number of hydrogen-bond donors (Lipinski definition) is 2. The van der Waals surface area contributed by atoms with Crippen molar-refractivity contribution in [1.29, 1.82) is 0 Å². The van der Waals surface area contributed by atoms with Gasteiger partial charge in [-0.05, 0) is 86.4 Å². The molecule has 1 aliphatic carbocycles. The summed E-state index contributed by atoms with van der Waals surface area (Å²) in [5.74, 6) is -0.406. The minimum absolute atomic E-state index is 0.00652. The number of hydrogen-bond acceptors (Lipinski definition) is 6. The van der Waals surface area contributed by atoms with Crippen molar-refractivity contribution in [2.45, 2.75) is 58.8 Å². The van der Waals surface area contributed by atoms with Crippen molar-refractivity contribution >= 4 is 21.5 Å². The van der Waals surface area contributed by atoms with Crippen LogP contribution < -0.4 is 15.0 Å². The van der Waals surface area contributed by atoms with Gasteiger partial charge in [0.05, 0.1) is 5.69 Å². The van der Waals surface area contributed by atoms with E-state index in [4.69, 9.17) is 4.74 Å². The van der Waals surface area contributed by atoms with E-state index in [1.165, 1.54) is 18.3 Å². The van der Waals surface area contributed by atoms with E-state index in [0.29, 0.717) is 11.4 Å². The number of H-pyrrole nitrogens is 1. The van der Waals surface area contributed by atoms with Gasteiger partial charge in [-0.1, -0.05) is 37.6 Å². The number of aromatic nitrogens is 2. The predicted molar refractivity (Wildman–Crippen MR) is 142 cm³/mol. The van der Waals surface area contributed by atoms with Gasteiger partial charge in [-0.2, -0.15) is 0 Å². The van der Waals surface area contributed by atoms with Gasteiger partial charge in [0.25, 0.3) is 21.5 Å². The third-order valence-corrected chi connectivity index (χ3v) is 7.86. The molecule has 8 nitrogen and oxygen atoms in total. The third-order valence-electron chi connectivity index (χ3n) is 6.51. The number of allylic oxidation sites excluding steroid dienone is 2. The van der Waals surface area contributed by atoms with E-state index in [0.717, 1.165) is 47.6 Å². The molecule has 1 amide bonds. The van der Waals surface area contributed by atoms with Crippen LogP contribution >= 0.6 is 0 Å². The molecule has 0 radical (unpaired) electrons. The van der Waals surface area contributed by atoms with Crippen molar-refractivity contribution in [2.75, 3.05) is 0 Å². The second-order valence-electron chi connectivity index (χ2n) is 10.3. The molecule has 0 saturated carbocycles. The number of carbonyl (C=O) groups is 1. The first-order chi connectivity index (χ1) is 17.4. The summed E-state index contributed by atoms with van der Waals surface area (Å²) in [5.41, 5.74) is 3.83. The monoisotopic (exact) mass is 521 g/mol. The molecule has 2 N–H and O–H groups in total. The van der Waals surface area contributed by atoms with Crippen molar-refractivity contribution in [2.24, 2.45) is 5.41 Å². The Bertz CT molecular complexity index is 1550. The fraction of sp³-hybridized carbons (Fsp3) is 0.321. The molecule has 0 atom stereocenters. The van der Waals surface area contributed by atoms with Crippen LogP contribution in [0, 0.1) is 26.2 Å². The third kappa shape index (κ3) is 5.83. The van der Waals surface area contributed by atoms with E-state index in [2.05, 4.69) is 29.9 Å². The number of aryl methyl sites for hydroxylation is 3. The van der Waals surface area contributed by atoms with Crippen LogP contribution in [0.15, 0.2) is 58.4 Å². The lowest BCUT2D eigenvalue weighted by molar-refractivity contribution is 0.0978. The molecule has 3 aromatic rings. The van der Waals surface area contributed by atoms with E-state index in [1.54, 1.807) is 6.07 Å². The van der Waals surface area contributed by atoms with Crippen LogP contribution in [0.2, 0.25) is 0 Å². The normalized spacial score (nSPS) is 15.1. The second-order valence-corrected chi connectivity index (χ2v) is 11.9. The number of pyridine rings is 2. The van der Waals surface area contributed by atoms with Crippen molar-refractivity contribution in [1.82, 2.24) is 14.7 Å². The Kier molecular flexibility index (Phi) is 7.10. The van der Waals surface area contributed by atoms with E-state index < -0.39 is 26.4 Å². The molecule has 0 saturated heterocycles. The number of amides is 1. The lowest BCUT2D eigenvalue weighted by atomic mass is 9.78. The van der Waals surface area contributed by atoms with Crippen LogP contribution in [0.1, 0.15) is 65.9 Å². The topological polar surface area (TPSA) is 118 Å². The Balaban J connectivity index is 1.76. The summed E-state index contributed by atoms with van der Waals surface area (Å²) < 4.78 is 33.8. The Labute approximate surface area is 216 Å². The highest BCUT2D eigenvalue weighted by Gasteiger charge is 2.27. The SMILES string of the molecule is Cc1cc(C)c(Oc2nc(C3=CCC(C)(C)CC3)ccc2C(=O)NS(=O)(=O)c2ccc[nH]c2=O)c(C)c1. The van der Waals surface area contributed by atoms with Crippen molar-refractivity contribution in [3.05, 3.63) is 87.0 Å². The summed E-state index contributed by atoms with van der Waals surface area (Å²) in [6, 6.07) is 9.63. The number of nitrogens with one attached hydrogen (secondary N) is 2. The van der Waals surface area contributed by atoms with Gasteiger partial charge >= 0.3 is 0 Å². The van der Waals surface area contributed by atoms with Crippen LogP contribution in [0.25, 0.3) is 5.57 Å². The summed E-state index contributed by atoms with van der Waals surface area (Å²) in [4.78, 5) is 31.7. The first-order valence-electron chi connectivity index (χ1n) is 12.1. The highest BCUT2D eigenvalue weighted by Crippen LogP contribution is 2.38. The molecule has 4 rings (SSSR count). The van der Waals surface area contributed by atoms with Crippen LogP contribution in [0.3, 0.4) is 0 Å². The Morgan fingerprint density at radius 1 is 1.11 bits per heavy atom. The lowest BCUT2D eigenvalue weighted by Crippen LogP contribution is -2.34. The number of aromatic amines is 1. The van der Waals surface area contributed by atoms with Crippen LogP contribution in [-0.2, 0) is 10.0 Å². The molecule has 2 heterocycles. The Hall–Kier alpha value is -3.72. The van der Waals surface area contributed by atoms with Gasteiger partial charge in [0.2, 0.25) is 5.88 Å². The highest BCUT2D eigenvalue weighted by atomic mass is 32.2. The minimum Gasteiger partial charge on any atom is -0.438 e. The van der Waals surface area contributed by atoms with Crippen LogP contribution in [0.5, 0.6) is 11.6 Å². The predicted octanol–water partition coefficient (Wildman–Crippen LogP) is 5.20. The number of rotatable bonds is 6. The summed E-state index contributed by atoms with van der Waals surface area (Å²) in [6.07, 6.45) is 6.20. The zero-order valence-electron chi connectivity index (χ0n) is 21.6. The molecule has 0 unspecified atom stereocenters. The first kappa shape index (κ1) is 26.3. The number of ether oxygens (including phenoxy) is 1. The number of benzene rings is 1. The minimum atomic E-state index is -4.43. The summed E-state index contributed by atoms with van der Waals surface area (Å²) in [5, 5.41) is 0. The summed E-state index contributed by atoms with van der Waals surface area (Å²) in [7, 11) is -4.43. The molecule has 0 bridgehead atoms. The van der Waals surface area contributed by atoms with Crippen molar-refractivity contribution < 1.29 is 17.9 Å². The molecule has 1 aliphatic rings. The van der Waals surface area contributed by atoms with Gasteiger partial charge in [-0.15, -0.1) is 0 Å². The number of sulfonamides is 1. The largest absolute Gasteiger partial charge is 0.438 e. The van der Waals surface area contributed by atoms with Gasteiger partial charge in [0.1, 0.15) is 11.3 Å². The molecule has 0 aliphatic heterocycles. The zero-order chi connectivity index (χ0) is 27.0. The second kappa shape index (κ2) is 9.97. The molecule has 2 aromatic heterocycles. The maximum Gasteiger partial charge on any atom is 0.270 e. The summed E-state index contributed by atoms with van der Waals surface area (Å²) in [6.45, 7) is 10.2. The van der Waals surface area contributed by atoms with Crippen LogP contribution in [0.4, 0.5) is 0 Å². The van der Waals surface area contributed by atoms with E-state index >= 15 is 0 Å². The van der Waals surface area contributed by atoms with E-state index in [-0.39, 0.29) is 16.9 Å². The molecule has 1 aromatic carbocycles. The highest BCUT2D eigenvalue weighted by molar-refractivity contribution is 7.90. The Morgan fingerprint density at radius 3 is 2.43 bits per heavy atom. The molecule has 37 heavy (non-hydrogen) atoms. The van der Waals surface area contributed by atoms with Gasteiger partial charge < -0.3 is 9.72 Å². The first-order valence-corrected chi connectivity index (χ1v) is 13.6. The van der Waals surface area contributed by atoms with E-state index in [9.17, 15) is 18.0 Å². The lowest BCUT2D eigenvalue weighted by Gasteiger charge is -2.28. The van der Waals surface area contributed by atoms with E-state index in [1.807, 2.05) is 37.6 Å². The molecule has 194 valence electrons. The average molecular weight is 522 g/mol. The Morgan fingerprint density at radius 2 is 1.81 bits per heavy atom. The summed E-state index contributed by atoms with van der Waals surface area (Å²) >= 11 is 0.